The van der Waals surface area contributed by atoms with E-state index in [9.17, 15) is 0 Å². The van der Waals surface area contributed by atoms with Crippen molar-refractivity contribution in [3.63, 3.8) is 0 Å². The van der Waals surface area contributed by atoms with Crippen molar-refractivity contribution >= 4 is 40.2 Å². The topological polar surface area (TPSA) is 29.3 Å². The molecule has 1 aliphatic heterocycles. The summed E-state index contributed by atoms with van der Waals surface area (Å²) in [5.74, 6) is 0. The Morgan fingerprint density at radius 2 is 1.95 bits per heavy atom. The molecule has 0 saturated heterocycles. The molecule has 0 aromatic heterocycles. The number of hydrogen-bond acceptors (Lipinski definition) is 2. The highest BCUT2D eigenvalue weighted by atomic mass is 35.5. The Hall–Kier alpha value is -1.58. The Kier molecular flexibility index (Phi) is 3.64. The summed E-state index contributed by atoms with van der Waals surface area (Å²) in [6.45, 7) is 0.951. The van der Waals surface area contributed by atoms with E-state index in [4.69, 9.17) is 29.6 Å². The van der Waals surface area contributed by atoms with Crippen molar-refractivity contribution < 1.29 is 0 Å². The van der Waals surface area contributed by atoms with Gasteiger partial charge in [0.1, 0.15) is 4.99 Å². The molecular weight excluding hydrogens is 288 g/mol. The van der Waals surface area contributed by atoms with Gasteiger partial charge in [0.05, 0.1) is 5.69 Å². The fraction of sp³-hybridized carbons (Fsp3) is 0.188. The number of benzene rings is 2. The molecule has 0 fully saturated rings. The third-order valence-electron chi connectivity index (χ3n) is 3.63. The highest BCUT2D eigenvalue weighted by Crippen LogP contribution is 2.36. The normalized spacial score (nSPS) is 13.9. The fourth-order valence-corrected chi connectivity index (χ4v) is 3.06. The van der Waals surface area contributed by atoms with Crippen LogP contribution in [-0.4, -0.2) is 11.5 Å². The maximum Gasteiger partial charge on any atom is 0.106 e. The standard InChI is InChI=1S/C16H15ClN2S/c17-12-7-8-13(16(18)20)15(10-12)19-9-3-5-11-4-1-2-6-14(11)19/h1-2,4,6-8,10H,3,5,9H2,(H2,18,20). The summed E-state index contributed by atoms with van der Waals surface area (Å²) in [5.41, 5.74) is 10.3. The number of halogens is 1. The lowest BCUT2D eigenvalue weighted by Crippen LogP contribution is -2.27. The Morgan fingerprint density at radius 3 is 2.75 bits per heavy atom. The third-order valence-corrected chi connectivity index (χ3v) is 4.08. The zero-order chi connectivity index (χ0) is 14.1. The van der Waals surface area contributed by atoms with Crippen LogP contribution < -0.4 is 10.6 Å². The Morgan fingerprint density at radius 1 is 1.15 bits per heavy atom. The van der Waals surface area contributed by atoms with E-state index in [2.05, 4.69) is 29.2 Å². The van der Waals surface area contributed by atoms with Crippen LogP contribution in [0.15, 0.2) is 42.5 Å². The molecule has 2 aromatic carbocycles. The average molecular weight is 303 g/mol. The van der Waals surface area contributed by atoms with E-state index in [-0.39, 0.29) is 0 Å². The molecule has 0 bridgehead atoms. The number of fused-ring (bicyclic) bond motifs is 1. The molecule has 0 atom stereocenters. The maximum absolute atomic E-state index is 6.16. The number of nitrogens with two attached hydrogens (primary N) is 1. The van der Waals surface area contributed by atoms with Gasteiger partial charge in [-0.25, -0.2) is 0 Å². The van der Waals surface area contributed by atoms with Crippen molar-refractivity contribution in [3.8, 4) is 0 Å². The second-order valence-corrected chi connectivity index (χ2v) is 5.79. The van der Waals surface area contributed by atoms with Crippen LogP contribution in [0.2, 0.25) is 5.02 Å². The first-order valence-corrected chi connectivity index (χ1v) is 7.40. The Labute approximate surface area is 129 Å². The van der Waals surface area contributed by atoms with Gasteiger partial charge in [0.2, 0.25) is 0 Å². The predicted octanol–water partition coefficient (Wildman–Crippen LogP) is 4.06. The second kappa shape index (κ2) is 5.43. The van der Waals surface area contributed by atoms with Crippen molar-refractivity contribution in [2.24, 2.45) is 5.73 Å². The molecule has 102 valence electrons. The lowest BCUT2D eigenvalue weighted by Gasteiger charge is -2.32. The molecule has 0 saturated carbocycles. The predicted molar refractivity (Wildman–Crippen MR) is 89.1 cm³/mol. The molecule has 20 heavy (non-hydrogen) atoms. The van der Waals surface area contributed by atoms with Crippen LogP contribution in [0.4, 0.5) is 11.4 Å². The molecule has 3 rings (SSSR count). The zero-order valence-corrected chi connectivity index (χ0v) is 12.5. The highest BCUT2D eigenvalue weighted by molar-refractivity contribution is 7.80. The molecule has 2 N–H and O–H groups in total. The summed E-state index contributed by atoms with van der Waals surface area (Å²) < 4.78 is 0. The number of rotatable bonds is 2. The molecule has 0 radical (unpaired) electrons. The maximum atomic E-state index is 6.16. The van der Waals surface area contributed by atoms with E-state index >= 15 is 0 Å². The molecule has 0 unspecified atom stereocenters. The van der Waals surface area contributed by atoms with Crippen LogP contribution in [0.1, 0.15) is 17.5 Å². The van der Waals surface area contributed by atoms with Gasteiger partial charge in [-0.15, -0.1) is 0 Å². The molecule has 1 heterocycles. The highest BCUT2D eigenvalue weighted by Gasteiger charge is 2.20. The quantitative estimate of drug-likeness (QED) is 0.848. The first kappa shape index (κ1) is 13.4. The van der Waals surface area contributed by atoms with Crippen LogP contribution in [-0.2, 0) is 6.42 Å². The van der Waals surface area contributed by atoms with Gasteiger partial charge in [-0.1, -0.05) is 42.0 Å². The fourth-order valence-electron chi connectivity index (χ4n) is 2.72. The van der Waals surface area contributed by atoms with Gasteiger partial charge in [0.25, 0.3) is 0 Å². The number of nitrogens with zero attached hydrogens (tertiary/aromatic N) is 1. The molecule has 2 aromatic rings. The SMILES string of the molecule is NC(=S)c1ccc(Cl)cc1N1CCCc2ccccc21. The molecule has 2 nitrogen and oxygen atoms in total. The molecule has 0 amide bonds. The minimum absolute atomic E-state index is 0.403. The number of thiocarbonyl (C=S) groups is 1. The molecule has 0 spiro atoms. The summed E-state index contributed by atoms with van der Waals surface area (Å²) in [4.78, 5) is 2.67. The van der Waals surface area contributed by atoms with Crippen molar-refractivity contribution in [2.45, 2.75) is 12.8 Å². The molecule has 0 aliphatic carbocycles. The lowest BCUT2D eigenvalue weighted by molar-refractivity contribution is 0.766. The largest absolute Gasteiger partial charge is 0.389 e. The first-order chi connectivity index (χ1) is 9.66. The average Bonchev–Trinajstić information content (AvgIpc) is 2.46. The van der Waals surface area contributed by atoms with Crippen LogP contribution in [0.3, 0.4) is 0 Å². The molecule has 4 heteroatoms. The summed E-state index contributed by atoms with van der Waals surface area (Å²) in [6, 6.07) is 14.1. The Bertz CT molecular complexity index is 669. The minimum Gasteiger partial charge on any atom is -0.389 e. The first-order valence-electron chi connectivity index (χ1n) is 6.61. The zero-order valence-electron chi connectivity index (χ0n) is 11.0. The van der Waals surface area contributed by atoms with Crippen molar-refractivity contribution in [3.05, 3.63) is 58.6 Å². The monoisotopic (exact) mass is 302 g/mol. The smallest absolute Gasteiger partial charge is 0.106 e. The lowest BCUT2D eigenvalue weighted by atomic mass is 10.00. The van der Waals surface area contributed by atoms with Crippen molar-refractivity contribution in [1.29, 1.82) is 0 Å². The van der Waals surface area contributed by atoms with Gasteiger partial charge in [0, 0.05) is 22.8 Å². The van der Waals surface area contributed by atoms with E-state index in [1.54, 1.807) is 0 Å². The summed E-state index contributed by atoms with van der Waals surface area (Å²) >= 11 is 11.3. The number of anilines is 2. The van der Waals surface area contributed by atoms with Gasteiger partial charge < -0.3 is 10.6 Å². The van der Waals surface area contributed by atoms with E-state index in [1.807, 2.05) is 18.2 Å². The number of hydrogen-bond donors (Lipinski definition) is 1. The molecule has 1 aliphatic rings. The minimum atomic E-state index is 0.403. The van der Waals surface area contributed by atoms with E-state index in [0.29, 0.717) is 10.0 Å². The van der Waals surface area contributed by atoms with Gasteiger partial charge in [-0.05, 0) is 42.7 Å². The summed E-state index contributed by atoms with van der Waals surface area (Å²) in [6.07, 6.45) is 2.22. The third kappa shape index (κ3) is 2.39. The van der Waals surface area contributed by atoms with Crippen LogP contribution >= 0.6 is 23.8 Å². The summed E-state index contributed by atoms with van der Waals surface area (Å²) in [7, 11) is 0. The van der Waals surface area contributed by atoms with Crippen LogP contribution in [0, 0.1) is 0 Å². The van der Waals surface area contributed by atoms with E-state index < -0.39 is 0 Å². The van der Waals surface area contributed by atoms with Gasteiger partial charge >= 0.3 is 0 Å². The van der Waals surface area contributed by atoms with Gasteiger partial charge in [-0.2, -0.15) is 0 Å². The Balaban J connectivity index is 2.15. The second-order valence-electron chi connectivity index (χ2n) is 4.91. The van der Waals surface area contributed by atoms with Crippen LogP contribution in [0.25, 0.3) is 0 Å². The summed E-state index contributed by atoms with van der Waals surface area (Å²) in [5, 5.41) is 0.697. The molecular formula is C16H15ClN2S. The van der Waals surface area contributed by atoms with Crippen LogP contribution in [0.5, 0.6) is 0 Å². The van der Waals surface area contributed by atoms with E-state index in [1.165, 1.54) is 11.3 Å². The van der Waals surface area contributed by atoms with E-state index in [0.717, 1.165) is 30.6 Å². The number of para-hydroxylation sites is 1. The van der Waals surface area contributed by atoms with Gasteiger partial charge in [0.15, 0.2) is 0 Å². The van der Waals surface area contributed by atoms with Crippen molar-refractivity contribution in [1.82, 2.24) is 0 Å². The number of aryl methyl sites for hydroxylation is 1. The van der Waals surface area contributed by atoms with Gasteiger partial charge in [-0.3, -0.25) is 0 Å². The van der Waals surface area contributed by atoms with Crippen molar-refractivity contribution in [2.75, 3.05) is 11.4 Å².